The highest BCUT2D eigenvalue weighted by Crippen LogP contribution is 2.57. The molecule has 12 aromatic heterocycles. The summed E-state index contributed by atoms with van der Waals surface area (Å²) in [5.41, 5.74) is 15.3. The van der Waals surface area contributed by atoms with Crippen LogP contribution in [0.1, 0.15) is 278 Å². The van der Waals surface area contributed by atoms with E-state index in [-0.39, 0.29) is 22.3 Å². The number of furan rings is 4. The lowest BCUT2D eigenvalue weighted by atomic mass is 9.82. The molecule has 0 fully saturated rings. The molecule has 12 heteroatoms. The van der Waals surface area contributed by atoms with Crippen molar-refractivity contribution in [2.24, 2.45) is 28.2 Å². The lowest BCUT2D eigenvalue weighted by molar-refractivity contribution is -0.660. The van der Waals surface area contributed by atoms with E-state index in [4.69, 9.17) is 82.5 Å². The number of benzene rings is 8. The molecule has 656 valence electrons. The van der Waals surface area contributed by atoms with Crippen LogP contribution in [0.15, 0.2) is 261 Å². The molecular weight excluding hydrogens is 1620 g/mol. The van der Waals surface area contributed by atoms with E-state index in [0.29, 0.717) is 189 Å². The molecule has 0 aliphatic heterocycles. The zero-order valence-electron chi connectivity index (χ0n) is 114. The second kappa shape index (κ2) is 30.9. The third-order valence-corrected chi connectivity index (χ3v) is 27.2. The first-order chi connectivity index (χ1) is 79.3. The van der Waals surface area contributed by atoms with Gasteiger partial charge in [0, 0.05) is 209 Å². The predicted molar refractivity (Wildman–Crippen MR) is 538 cm³/mol. The van der Waals surface area contributed by atoms with Crippen LogP contribution in [0.2, 0.25) is 0 Å². The molecule has 0 N–H and O–H groups in total. The molecule has 0 radical (unpaired) electrons. The van der Waals surface area contributed by atoms with E-state index in [0.717, 1.165) is 55.6 Å². The van der Waals surface area contributed by atoms with Gasteiger partial charge in [-0.2, -0.15) is 0 Å². The molecule has 12 nitrogen and oxygen atoms in total. The number of nitrogens with zero attached hydrogens (tertiary/aromatic N) is 8. The van der Waals surface area contributed by atoms with Crippen LogP contribution in [-0.2, 0) is 49.9 Å². The van der Waals surface area contributed by atoms with Crippen molar-refractivity contribution in [1.29, 1.82) is 0 Å². The van der Waals surface area contributed by atoms with Gasteiger partial charge in [0.25, 0.3) is 0 Å². The van der Waals surface area contributed by atoms with Crippen molar-refractivity contribution < 1.29 is 90.8 Å². The van der Waals surface area contributed by atoms with Crippen molar-refractivity contribution in [3.8, 4) is 89.7 Å². The van der Waals surface area contributed by atoms with Crippen molar-refractivity contribution in [2.75, 3.05) is 0 Å². The Morgan fingerprint density at radius 2 is 0.727 bits per heavy atom. The topological polar surface area (TPSA) is 120 Å². The first kappa shape index (κ1) is 51.1. The number of hydrogen-bond donors (Lipinski definition) is 0. The third kappa shape index (κ3) is 13.0. The zero-order chi connectivity index (χ0) is 126. The largest absolute Gasteiger partial charge is 0.455 e. The molecule has 4 unspecified atom stereocenters. The Morgan fingerprint density at radius 3 is 1.25 bits per heavy atom. The van der Waals surface area contributed by atoms with E-state index in [1.165, 1.54) is 60.9 Å². The van der Waals surface area contributed by atoms with Gasteiger partial charge in [-0.3, -0.25) is 15.0 Å². The van der Waals surface area contributed by atoms with Crippen molar-refractivity contribution in [1.82, 2.24) is 19.9 Å². The molecule has 4 atom stereocenters. The molecule has 0 saturated heterocycles. The lowest BCUT2D eigenvalue weighted by Crippen LogP contribution is -2.31. The standard InChI is InChI=1S/4C30H29N2O/c1-17(2)19-13-15-32(6)24(16-19)25-18(3)9-10-21-22-12-11-20-23-8-7-14-31-29(23)30(4,5)26(20)28(22)33-27(21)25;1-17(2)19-11-13-32(6)25(14-19)27-18(3)9-10-20-23-15-24-22(16-26(23)33-28(20)27)21-8-7-12-31-29(21)30(24,4)5;1-17(2)19-13-14-32(6)25(15-19)26-18(3)11-12-20-22-16-24-27(31-29(22)33-28(20)26)21-9-7-8-10-23(21)30(24,4)5;1-17(2)19-13-14-32(6)24(15-19)25-18(3)11-12-21-27-29(33-28(21)25)26-20-9-7-8-10-22(20)30(4,5)23(26)16-31-27/h4*7-17H,1-6H3/q4*+1/i4*1D3,2D3,4D3,17D. The number of hydrogen-bond acceptors (Lipinski definition) is 8. The first-order valence-corrected chi connectivity index (χ1v) is 43.2. The number of rotatable bonds is 8. The summed E-state index contributed by atoms with van der Waals surface area (Å²) in [4.78, 5) is 18.5. The summed E-state index contributed by atoms with van der Waals surface area (Å²) in [6.45, 7) is -20.4. The molecular formula is C120H116N8O4+4. The van der Waals surface area contributed by atoms with Gasteiger partial charge in [0.05, 0.1) is 39.3 Å². The predicted octanol–water partition coefficient (Wildman–Crippen LogP) is 28.8. The fourth-order valence-corrected chi connectivity index (χ4v) is 20.3. The average molecular weight is 1770 g/mol. The molecule has 4 aliphatic rings. The van der Waals surface area contributed by atoms with Gasteiger partial charge in [-0.1, -0.05) is 205 Å². The molecule has 8 aromatic carbocycles. The fourth-order valence-electron chi connectivity index (χ4n) is 20.3. The summed E-state index contributed by atoms with van der Waals surface area (Å²) >= 11 is 0. The normalized spacial score (nSPS) is 23.1. The van der Waals surface area contributed by atoms with Gasteiger partial charge in [0.2, 0.25) is 28.5 Å². The zero-order valence-corrected chi connectivity index (χ0v) is 74.3. The van der Waals surface area contributed by atoms with Crippen LogP contribution in [0, 0.1) is 27.7 Å². The maximum absolute atomic E-state index is 8.73. The molecule has 0 bridgehead atoms. The van der Waals surface area contributed by atoms with Crippen molar-refractivity contribution in [3.63, 3.8) is 0 Å². The molecule has 0 amide bonds. The Hall–Kier alpha value is -13.8. The van der Waals surface area contributed by atoms with Crippen molar-refractivity contribution in [2.45, 2.75) is 183 Å². The quantitative estimate of drug-likeness (QED) is 0.138. The maximum Gasteiger partial charge on any atom is 0.227 e. The highest BCUT2D eigenvalue weighted by Gasteiger charge is 2.44. The van der Waals surface area contributed by atoms with E-state index < -0.39 is 127 Å². The van der Waals surface area contributed by atoms with E-state index in [9.17, 15) is 0 Å². The lowest BCUT2D eigenvalue weighted by Gasteiger charge is -2.20. The molecule has 4 aliphatic carbocycles. The summed E-state index contributed by atoms with van der Waals surface area (Å²) in [5.74, 6) is -11.5. The Kier molecular flexibility index (Phi) is 12.0. The summed E-state index contributed by atoms with van der Waals surface area (Å²) < 4.78 is 361. The van der Waals surface area contributed by atoms with Crippen molar-refractivity contribution in [3.05, 3.63) is 333 Å². The summed E-state index contributed by atoms with van der Waals surface area (Å²) in [6, 6.07) is 57.5. The second-order valence-corrected chi connectivity index (χ2v) is 35.7. The van der Waals surface area contributed by atoms with Gasteiger partial charge in [-0.05, 0) is 197 Å². The number of pyridine rings is 8. The molecule has 12 heterocycles. The highest BCUT2D eigenvalue weighted by molar-refractivity contribution is 6.16. The van der Waals surface area contributed by atoms with Crippen LogP contribution in [-0.4, -0.2) is 19.9 Å². The SMILES string of the molecule is [2H]C([2H])([2H])C1(C)c2cc3c(cc2-c2cccnc21)oc1c(-c2cc(C([2H])(C([2H])([2H])[2H])C([2H])([2H])[2H])cc[n+]2C)c(C)ccc13.[2H]C([2H])([2H])C1(C)c2ccccc2-c2c1cnc1c2oc2c(-c3cc(C([2H])(C([2H])([2H])[2H])C([2H])([2H])[2H])cc[n+]3C)c(C)ccc21.[2H]C([2H])([2H])C1(C)c2ccccc2-c2nc3oc4c(-c5cc(C([2H])(C([2H])([2H])[2H])C([2H])([2H])[2H])cc[n+]5C)c(C)ccc4c3cc21.[2H]C([2H])([2H])C1(C)c2ncccc2-c2ccc3c(oc4c(-c5cc(C([2H])(C([2H])([2H])[2H])C([2H])([2H])[2H])cc[n+]5C)c(C)ccc43)c21. The van der Waals surface area contributed by atoms with E-state index >= 15 is 0 Å². The minimum absolute atomic E-state index is 0.162. The minimum atomic E-state index is -3.14. The Balaban J connectivity index is 0.000000130. The monoisotopic (exact) mass is 1770 g/mol. The van der Waals surface area contributed by atoms with Gasteiger partial charge in [-0.25, -0.2) is 23.3 Å². The van der Waals surface area contributed by atoms with Crippen LogP contribution < -0.4 is 18.3 Å². The Labute approximate surface area is 829 Å². The van der Waals surface area contributed by atoms with Gasteiger partial charge in [0.15, 0.2) is 41.5 Å². The fraction of sp³-hybridized carbons (Fsp3) is 0.267. The smallest absolute Gasteiger partial charge is 0.227 e. The molecule has 0 spiro atoms. The molecule has 0 saturated carbocycles. The Morgan fingerprint density at radius 1 is 0.318 bits per heavy atom. The van der Waals surface area contributed by atoms with Crippen LogP contribution in [0.5, 0.6) is 0 Å². The van der Waals surface area contributed by atoms with E-state index in [2.05, 4.69) is 9.97 Å². The first-order valence-electron chi connectivity index (χ1n) is 63.2. The third-order valence-electron chi connectivity index (χ3n) is 27.2. The van der Waals surface area contributed by atoms with Crippen LogP contribution in [0.4, 0.5) is 0 Å². The molecule has 132 heavy (non-hydrogen) atoms. The van der Waals surface area contributed by atoms with Gasteiger partial charge < -0.3 is 17.7 Å². The highest BCUT2D eigenvalue weighted by atomic mass is 16.3. The number of fused-ring (bicyclic) bond motifs is 26. The van der Waals surface area contributed by atoms with Gasteiger partial charge in [0.1, 0.15) is 56.0 Å². The van der Waals surface area contributed by atoms with Crippen LogP contribution in [0.3, 0.4) is 0 Å². The molecule has 24 rings (SSSR count). The van der Waals surface area contributed by atoms with E-state index in [1.54, 1.807) is 117 Å². The summed E-state index contributed by atoms with van der Waals surface area (Å²) in [5, 5.41) is 4.79. The number of aryl methyl sites for hydroxylation is 8. The average Bonchev–Trinajstić information content (AvgIpc) is 1.52. The van der Waals surface area contributed by atoms with Crippen molar-refractivity contribution >= 4 is 88.0 Å². The van der Waals surface area contributed by atoms with Crippen LogP contribution >= 0.6 is 0 Å². The summed E-state index contributed by atoms with van der Waals surface area (Å²) in [6.07, 6.45) is 11.0. The number of aromatic nitrogens is 8. The van der Waals surface area contributed by atoms with E-state index in [1.807, 2.05) is 167 Å². The van der Waals surface area contributed by atoms with Crippen LogP contribution in [0.25, 0.3) is 178 Å². The molecule has 20 aromatic rings. The van der Waals surface area contributed by atoms with Gasteiger partial charge in [-0.15, -0.1) is 0 Å². The maximum atomic E-state index is 8.73. The Bertz CT molecular complexity index is 9700. The minimum Gasteiger partial charge on any atom is -0.455 e. The van der Waals surface area contributed by atoms with Gasteiger partial charge >= 0.3 is 0 Å². The second-order valence-electron chi connectivity index (χ2n) is 35.7. The summed E-state index contributed by atoms with van der Waals surface area (Å²) in [7, 11) is 6.96.